The minimum Gasteiger partial charge on any atom is -0.239 e. The van der Waals surface area contributed by atoms with Crippen molar-refractivity contribution in [2.45, 2.75) is 6.18 Å². The number of hydrogen-bond donors (Lipinski definition) is 0. The van der Waals surface area contributed by atoms with Gasteiger partial charge in [0.2, 0.25) is 0 Å². The third kappa shape index (κ3) is 2.01. The summed E-state index contributed by atoms with van der Waals surface area (Å²) in [6.45, 7) is 0. The summed E-state index contributed by atoms with van der Waals surface area (Å²) in [4.78, 5) is 3.93. The van der Waals surface area contributed by atoms with Crippen molar-refractivity contribution in [3.8, 4) is 0 Å². The van der Waals surface area contributed by atoms with Crippen LogP contribution in [0.1, 0.15) is 5.56 Å². The van der Waals surface area contributed by atoms with Crippen LogP contribution >= 0.6 is 27.5 Å². The number of fused-ring (bicyclic) bond motifs is 1. The third-order valence-electron chi connectivity index (χ3n) is 2.06. The van der Waals surface area contributed by atoms with Gasteiger partial charge in [-0.05, 0) is 28.1 Å². The average Bonchev–Trinajstić information content (AvgIpc) is 2.17. The molecule has 0 aliphatic heterocycles. The van der Waals surface area contributed by atoms with E-state index in [0.29, 0.717) is 0 Å². The number of rotatable bonds is 0. The molecule has 0 bridgehead atoms. The van der Waals surface area contributed by atoms with Gasteiger partial charge in [0, 0.05) is 5.39 Å². The third-order valence-corrected chi connectivity index (χ3v) is 2.78. The molecule has 0 fully saturated rings. The van der Waals surface area contributed by atoms with Gasteiger partial charge < -0.3 is 0 Å². The van der Waals surface area contributed by atoms with E-state index in [-0.39, 0.29) is 20.5 Å². The molecule has 2 rings (SSSR count). The van der Waals surface area contributed by atoms with Crippen molar-refractivity contribution in [3.05, 3.63) is 39.5 Å². The maximum Gasteiger partial charge on any atom is 0.417 e. The van der Waals surface area contributed by atoms with Gasteiger partial charge in [0.25, 0.3) is 0 Å². The molecule has 6 heteroatoms. The summed E-state index contributed by atoms with van der Waals surface area (Å²) in [7, 11) is 0. The normalized spacial score (nSPS) is 12.1. The Balaban J connectivity index is 2.89. The van der Waals surface area contributed by atoms with Crippen molar-refractivity contribution in [2.24, 2.45) is 0 Å². The van der Waals surface area contributed by atoms with E-state index in [1.165, 1.54) is 18.2 Å². The van der Waals surface area contributed by atoms with Crippen molar-refractivity contribution in [2.75, 3.05) is 0 Å². The molecule has 1 aromatic heterocycles. The van der Waals surface area contributed by atoms with Crippen LogP contribution in [0.25, 0.3) is 10.9 Å². The van der Waals surface area contributed by atoms with Crippen molar-refractivity contribution in [1.29, 1.82) is 0 Å². The fourth-order valence-electron chi connectivity index (χ4n) is 1.42. The van der Waals surface area contributed by atoms with Crippen molar-refractivity contribution in [1.82, 2.24) is 4.98 Å². The molecule has 0 aliphatic rings. The predicted molar refractivity (Wildman–Crippen MR) is 59.5 cm³/mol. The maximum absolute atomic E-state index is 12.7. The zero-order valence-electron chi connectivity index (χ0n) is 7.65. The summed E-state index contributed by atoms with van der Waals surface area (Å²) in [6, 6.07) is 5.26. The quantitative estimate of drug-likeness (QED) is 0.644. The molecule has 0 aliphatic carbocycles. The molecule has 1 nitrogen and oxygen atoms in total. The fraction of sp³-hybridized carbons (Fsp3) is 0.100. The highest BCUT2D eigenvalue weighted by molar-refractivity contribution is 9.10. The van der Waals surface area contributed by atoms with E-state index >= 15 is 0 Å². The second-order valence-corrected chi connectivity index (χ2v) is 4.35. The van der Waals surface area contributed by atoms with Crippen LogP contribution in [0.5, 0.6) is 0 Å². The van der Waals surface area contributed by atoms with E-state index in [4.69, 9.17) is 11.6 Å². The Hall–Kier alpha value is -0.810. The first-order chi connectivity index (χ1) is 7.39. The Morgan fingerprint density at radius 2 is 1.94 bits per heavy atom. The number of aromatic nitrogens is 1. The van der Waals surface area contributed by atoms with Crippen molar-refractivity contribution in [3.63, 3.8) is 0 Å². The molecule has 0 unspecified atom stereocenters. The Morgan fingerprint density at radius 1 is 1.25 bits per heavy atom. The van der Waals surface area contributed by atoms with Crippen LogP contribution in [0.15, 0.2) is 28.9 Å². The smallest absolute Gasteiger partial charge is 0.239 e. The average molecular weight is 311 g/mol. The number of benzene rings is 1. The standard InChI is InChI=1S/C10H4BrClF3N/c11-8-4-6(10(13,14)15)5-2-1-3-7(12)9(5)16-8/h1-4H. The lowest BCUT2D eigenvalue weighted by molar-refractivity contribution is -0.136. The number of alkyl halides is 3. The van der Waals surface area contributed by atoms with Crippen LogP contribution in [0.4, 0.5) is 13.2 Å². The molecule has 0 saturated heterocycles. The Labute approximate surface area is 102 Å². The van der Waals surface area contributed by atoms with E-state index in [1.807, 2.05) is 0 Å². The van der Waals surface area contributed by atoms with Crippen molar-refractivity contribution >= 4 is 38.4 Å². The summed E-state index contributed by atoms with van der Waals surface area (Å²) < 4.78 is 38.3. The minimum atomic E-state index is -4.42. The summed E-state index contributed by atoms with van der Waals surface area (Å²) in [5.41, 5.74) is -0.599. The zero-order chi connectivity index (χ0) is 11.9. The Bertz CT molecular complexity index is 553. The summed E-state index contributed by atoms with van der Waals surface area (Å²) in [5, 5.41) is 0.201. The van der Waals surface area contributed by atoms with E-state index in [2.05, 4.69) is 20.9 Å². The molecule has 0 atom stereocenters. The largest absolute Gasteiger partial charge is 0.417 e. The van der Waals surface area contributed by atoms with Crippen LogP contribution in [0, 0.1) is 0 Å². The molecule has 2 aromatic rings. The molecule has 84 valence electrons. The highest BCUT2D eigenvalue weighted by Gasteiger charge is 2.33. The number of nitrogens with zero attached hydrogens (tertiary/aromatic N) is 1. The van der Waals surface area contributed by atoms with Gasteiger partial charge in [-0.1, -0.05) is 23.7 Å². The molecule has 1 aromatic carbocycles. The molecular formula is C10H4BrClF3N. The van der Waals surface area contributed by atoms with Gasteiger partial charge in [0.05, 0.1) is 16.1 Å². The fourth-order valence-corrected chi connectivity index (χ4v) is 2.04. The number of halogens is 5. The maximum atomic E-state index is 12.7. The summed E-state index contributed by atoms with van der Waals surface area (Å²) in [5.74, 6) is 0. The summed E-state index contributed by atoms with van der Waals surface area (Å²) >= 11 is 8.74. The molecule has 16 heavy (non-hydrogen) atoms. The molecule has 0 saturated carbocycles. The van der Waals surface area contributed by atoms with E-state index < -0.39 is 11.7 Å². The number of pyridine rings is 1. The van der Waals surface area contributed by atoms with Crippen LogP contribution in [-0.2, 0) is 6.18 Å². The molecule has 0 radical (unpaired) electrons. The van der Waals surface area contributed by atoms with Gasteiger partial charge in [-0.15, -0.1) is 0 Å². The Morgan fingerprint density at radius 3 is 2.56 bits per heavy atom. The molecular weight excluding hydrogens is 306 g/mol. The first-order valence-corrected chi connectivity index (χ1v) is 5.38. The predicted octanol–water partition coefficient (Wildman–Crippen LogP) is 4.67. The lowest BCUT2D eigenvalue weighted by Gasteiger charge is -2.11. The van der Waals surface area contributed by atoms with Crippen molar-refractivity contribution < 1.29 is 13.2 Å². The van der Waals surface area contributed by atoms with Gasteiger partial charge in [0.15, 0.2) is 0 Å². The molecule has 0 amide bonds. The molecule has 1 heterocycles. The van der Waals surface area contributed by atoms with Gasteiger partial charge in [-0.2, -0.15) is 13.2 Å². The lowest BCUT2D eigenvalue weighted by Crippen LogP contribution is -2.06. The zero-order valence-corrected chi connectivity index (χ0v) is 9.99. The van der Waals surface area contributed by atoms with Gasteiger partial charge >= 0.3 is 6.18 Å². The van der Waals surface area contributed by atoms with Crippen LogP contribution in [0.2, 0.25) is 5.02 Å². The first-order valence-electron chi connectivity index (χ1n) is 4.21. The monoisotopic (exact) mass is 309 g/mol. The van der Waals surface area contributed by atoms with Gasteiger partial charge in [-0.3, -0.25) is 0 Å². The van der Waals surface area contributed by atoms with E-state index in [0.717, 1.165) is 6.07 Å². The molecule has 0 spiro atoms. The van der Waals surface area contributed by atoms with E-state index in [1.54, 1.807) is 0 Å². The van der Waals surface area contributed by atoms with Crippen LogP contribution in [0.3, 0.4) is 0 Å². The highest BCUT2D eigenvalue weighted by atomic mass is 79.9. The SMILES string of the molecule is FC(F)(F)c1cc(Br)nc2c(Cl)cccc12. The Kier molecular flexibility index (Phi) is 2.84. The second-order valence-electron chi connectivity index (χ2n) is 3.13. The highest BCUT2D eigenvalue weighted by Crippen LogP contribution is 2.37. The minimum absolute atomic E-state index is 0.00296. The van der Waals surface area contributed by atoms with Crippen LogP contribution in [-0.4, -0.2) is 4.98 Å². The molecule has 0 N–H and O–H groups in total. The lowest BCUT2D eigenvalue weighted by atomic mass is 10.1. The van der Waals surface area contributed by atoms with E-state index in [9.17, 15) is 13.2 Å². The first kappa shape index (κ1) is 11.7. The topological polar surface area (TPSA) is 12.9 Å². The number of hydrogen-bond acceptors (Lipinski definition) is 1. The second kappa shape index (κ2) is 3.89. The summed E-state index contributed by atoms with van der Waals surface area (Å²) in [6.07, 6.45) is -4.42. The van der Waals surface area contributed by atoms with Gasteiger partial charge in [0.1, 0.15) is 4.60 Å². The van der Waals surface area contributed by atoms with Crippen LogP contribution < -0.4 is 0 Å². The van der Waals surface area contributed by atoms with Gasteiger partial charge in [-0.25, -0.2) is 4.98 Å². The number of para-hydroxylation sites is 1.